The number of hydrogen-bond acceptors (Lipinski definition) is 2. The third-order valence-corrected chi connectivity index (χ3v) is 2.75. The van der Waals surface area contributed by atoms with E-state index in [1.807, 2.05) is 13.0 Å². The van der Waals surface area contributed by atoms with Gasteiger partial charge in [-0.25, -0.2) is 4.79 Å². The van der Waals surface area contributed by atoms with E-state index in [0.717, 1.165) is 16.1 Å². The van der Waals surface area contributed by atoms with E-state index in [4.69, 9.17) is 21.4 Å². The highest BCUT2D eigenvalue weighted by molar-refractivity contribution is 9.10. The largest absolute Gasteiger partial charge is 0.487 e. The van der Waals surface area contributed by atoms with Crippen LogP contribution in [-0.4, -0.2) is 17.7 Å². The van der Waals surface area contributed by atoms with Crippen LogP contribution in [0.2, 0.25) is 5.02 Å². The van der Waals surface area contributed by atoms with Crippen molar-refractivity contribution in [3.8, 4) is 5.75 Å². The first-order valence-electron chi connectivity index (χ1n) is 4.88. The van der Waals surface area contributed by atoms with E-state index in [0.29, 0.717) is 16.3 Å². The van der Waals surface area contributed by atoms with E-state index in [9.17, 15) is 4.79 Å². The van der Waals surface area contributed by atoms with Gasteiger partial charge in [0.2, 0.25) is 0 Å². The van der Waals surface area contributed by atoms with Crippen molar-refractivity contribution in [3.63, 3.8) is 0 Å². The van der Waals surface area contributed by atoms with E-state index in [1.54, 1.807) is 13.0 Å². The summed E-state index contributed by atoms with van der Waals surface area (Å²) in [5.74, 6) is -0.405. The molecule has 0 radical (unpaired) electrons. The molecule has 0 aromatic heterocycles. The van der Waals surface area contributed by atoms with Crippen molar-refractivity contribution in [3.05, 3.63) is 38.8 Å². The quantitative estimate of drug-likeness (QED) is 0.858. The van der Waals surface area contributed by atoms with Gasteiger partial charge in [0, 0.05) is 10.5 Å². The SMILES string of the molecule is CC(=CC(=O)O)COc1c(C)cc(Br)cc1Cl. The summed E-state index contributed by atoms with van der Waals surface area (Å²) in [4.78, 5) is 10.4. The van der Waals surface area contributed by atoms with E-state index in [-0.39, 0.29) is 6.61 Å². The number of carboxylic acid groups (broad SMARTS) is 1. The minimum atomic E-state index is -0.982. The van der Waals surface area contributed by atoms with Crippen molar-refractivity contribution >= 4 is 33.5 Å². The Kier molecular flexibility index (Phi) is 5.02. The van der Waals surface area contributed by atoms with Crippen LogP contribution in [0.25, 0.3) is 0 Å². The van der Waals surface area contributed by atoms with Crippen molar-refractivity contribution in [2.45, 2.75) is 13.8 Å². The Morgan fingerprint density at radius 2 is 2.24 bits per heavy atom. The Balaban J connectivity index is 2.80. The molecule has 0 saturated carbocycles. The minimum Gasteiger partial charge on any atom is -0.487 e. The molecular weight excluding hydrogens is 307 g/mol. The molecule has 0 saturated heterocycles. The van der Waals surface area contributed by atoms with Crippen LogP contribution in [0.5, 0.6) is 5.75 Å². The number of benzene rings is 1. The molecule has 0 aliphatic carbocycles. The van der Waals surface area contributed by atoms with E-state index in [1.165, 1.54) is 0 Å². The predicted molar refractivity (Wildman–Crippen MR) is 70.8 cm³/mol. The molecule has 1 N–H and O–H groups in total. The van der Waals surface area contributed by atoms with Crippen molar-refractivity contribution in [1.29, 1.82) is 0 Å². The molecule has 3 nitrogen and oxygen atoms in total. The topological polar surface area (TPSA) is 46.5 Å². The van der Waals surface area contributed by atoms with Crippen LogP contribution in [0.3, 0.4) is 0 Å². The molecule has 1 rings (SSSR count). The molecule has 0 aliphatic heterocycles. The number of ether oxygens (including phenoxy) is 1. The zero-order valence-electron chi connectivity index (χ0n) is 9.46. The number of aliphatic carboxylic acids is 1. The third-order valence-electron chi connectivity index (χ3n) is 2.01. The fourth-order valence-corrected chi connectivity index (χ4v) is 2.34. The second-order valence-electron chi connectivity index (χ2n) is 3.65. The average molecular weight is 320 g/mol. The van der Waals surface area contributed by atoms with Crippen molar-refractivity contribution < 1.29 is 14.6 Å². The highest BCUT2D eigenvalue weighted by Crippen LogP contribution is 2.32. The van der Waals surface area contributed by atoms with Crippen molar-refractivity contribution in [1.82, 2.24) is 0 Å². The summed E-state index contributed by atoms with van der Waals surface area (Å²) in [5.41, 5.74) is 1.52. The van der Waals surface area contributed by atoms with Crippen LogP contribution >= 0.6 is 27.5 Å². The average Bonchev–Trinajstić information content (AvgIpc) is 2.14. The van der Waals surface area contributed by atoms with Gasteiger partial charge in [0.1, 0.15) is 12.4 Å². The molecule has 92 valence electrons. The van der Waals surface area contributed by atoms with E-state index >= 15 is 0 Å². The molecule has 0 amide bonds. The molecule has 0 fully saturated rings. The van der Waals surface area contributed by atoms with Crippen molar-refractivity contribution in [2.75, 3.05) is 6.61 Å². The Hall–Kier alpha value is -1.000. The molecule has 0 atom stereocenters. The van der Waals surface area contributed by atoms with Crippen LogP contribution in [-0.2, 0) is 4.79 Å². The summed E-state index contributed by atoms with van der Waals surface area (Å²) >= 11 is 9.36. The number of hydrogen-bond donors (Lipinski definition) is 1. The maximum absolute atomic E-state index is 10.4. The second-order valence-corrected chi connectivity index (χ2v) is 4.97. The molecule has 17 heavy (non-hydrogen) atoms. The third kappa shape index (κ3) is 4.40. The zero-order chi connectivity index (χ0) is 13.0. The maximum atomic E-state index is 10.4. The van der Waals surface area contributed by atoms with Gasteiger partial charge >= 0.3 is 5.97 Å². The molecule has 1 aromatic rings. The second kappa shape index (κ2) is 6.07. The fraction of sp³-hybridized carbons (Fsp3) is 0.250. The number of halogens is 2. The first kappa shape index (κ1) is 14.1. The van der Waals surface area contributed by atoms with Gasteiger partial charge in [-0.15, -0.1) is 0 Å². The number of rotatable bonds is 4. The molecule has 1 aromatic carbocycles. The monoisotopic (exact) mass is 318 g/mol. The first-order valence-corrected chi connectivity index (χ1v) is 6.06. The summed E-state index contributed by atoms with van der Waals surface area (Å²) in [6.45, 7) is 3.77. The van der Waals surface area contributed by atoms with Crippen LogP contribution in [0.15, 0.2) is 28.3 Å². The van der Waals surface area contributed by atoms with Gasteiger partial charge < -0.3 is 9.84 Å². The Morgan fingerprint density at radius 3 is 2.76 bits per heavy atom. The summed E-state index contributed by atoms with van der Waals surface area (Å²) < 4.78 is 6.38. The molecule has 0 spiro atoms. The summed E-state index contributed by atoms with van der Waals surface area (Å²) in [6, 6.07) is 3.62. The maximum Gasteiger partial charge on any atom is 0.328 e. The molecule has 0 unspecified atom stereocenters. The van der Waals surface area contributed by atoms with Crippen LogP contribution in [0, 0.1) is 6.92 Å². The van der Waals surface area contributed by atoms with Crippen LogP contribution < -0.4 is 4.74 Å². The lowest BCUT2D eigenvalue weighted by Crippen LogP contribution is -2.03. The molecular formula is C12H12BrClO3. The summed E-state index contributed by atoms with van der Waals surface area (Å²) in [6.07, 6.45) is 1.11. The van der Waals surface area contributed by atoms with Gasteiger partial charge in [-0.2, -0.15) is 0 Å². The highest BCUT2D eigenvalue weighted by atomic mass is 79.9. The Bertz CT molecular complexity index is 446. The van der Waals surface area contributed by atoms with Gasteiger partial charge in [-0.3, -0.25) is 0 Å². The Morgan fingerprint density at radius 1 is 1.59 bits per heavy atom. The fourth-order valence-electron chi connectivity index (χ4n) is 1.31. The number of carboxylic acids is 1. The number of aryl methyl sites for hydroxylation is 1. The van der Waals surface area contributed by atoms with Gasteiger partial charge in [0.25, 0.3) is 0 Å². The minimum absolute atomic E-state index is 0.203. The lowest BCUT2D eigenvalue weighted by Gasteiger charge is -2.11. The first-order chi connectivity index (χ1) is 7.90. The molecule has 0 aliphatic rings. The van der Waals surface area contributed by atoms with Gasteiger partial charge in [-0.1, -0.05) is 27.5 Å². The van der Waals surface area contributed by atoms with Crippen LogP contribution in [0.4, 0.5) is 0 Å². The smallest absolute Gasteiger partial charge is 0.328 e. The van der Waals surface area contributed by atoms with Gasteiger partial charge in [-0.05, 0) is 37.1 Å². The highest BCUT2D eigenvalue weighted by Gasteiger charge is 2.07. The van der Waals surface area contributed by atoms with E-state index in [2.05, 4.69) is 15.9 Å². The van der Waals surface area contributed by atoms with Crippen LogP contribution in [0.1, 0.15) is 12.5 Å². The lowest BCUT2D eigenvalue weighted by atomic mass is 10.2. The van der Waals surface area contributed by atoms with Gasteiger partial charge in [0.15, 0.2) is 0 Å². The van der Waals surface area contributed by atoms with Crippen molar-refractivity contribution in [2.24, 2.45) is 0 Å². The summed E-state index contributed by atoms with van der Waals surface area (Å²) in [5, 5.41) is 9.06. The standard InChI is InChI=1S/C12H12BrClO3/c1-7(3-11(15)16)6-17-12-8(2)4-9(13)5-10(12)14/h3-5H,6H2,1-2H3,(H,15,16). The number of carbonyl (C=O) groups is 1. The normalized spacial score (nSPS) is 11.4. The van der Waals surface area contributed by atoms with Gasteiger partial charge in [0.05, 0.1) is 5.02 Å². The molecule has 0 heterocycles. The van der Waals surface area contributed by atoms with E-state index < -0.39 is 5.97 Å². The summed E-state index contributed by atoms with van der Waals surface area (Å²) in [7, 11) is 0. The molecule has 0 bridgehead atoms. The Labute approximate surface area is 113 Å². The zero-order valence-corrected chi connectivity index (χ0v) is 11.8. The molecule has 5 heteroatoms. The predicted octanol–water partition coefficient (Wildman–Crippen LogP) is 3.82. The lowest BCUT2D eigenvalue weighted by molar-refractivity contribution is -0.131.